The van der Waals surface area contributed by atoms with E-state index in [0.717, 1.165) is 24.8 Å². The highest BCUT2D eigenvalue weighted by Crippen LogP contribution is 2.32. The first-order chi connectivity index (χ1) is 9.56. The summed E-state index contributed by atoms with van der Waals surface area (Å²) in [6.45, 7) is 4.32. The molecule has 0 bridgehead atoms. The lowest BCUT2D eigenvalue weighted by atomic mass is 9.89. The molecule has 0 aromatic heterocycles. The topological polar surface area (TPSA) is 58.9 Å². The Morgan fingerprint density at radius 2 is 2.10 bits per heavy atom. The molecule has 1 aliphatic carbocycles. The molecule has 0 spiro atoms. The van der Waals surface area contributed by atoms with Crippen LogP contribution in [0.2, 0.25) is 0 Å². The SMILES string of the molecule is CC(C)OCC(O)COc1ccc2c(c1)[C@H](O)CCC2. The number of rotatable bonds is 6. The van der Waals surface area contributed by atoms with E-state index in [0.29, 0.717) is 5.75 Å². The number of ether oxygens (including phenoxy) is 2. The number of aliphatic hydroxyl groups excluding tert-OH is 2. The van der Waals surface area contributed by atoms with E-state index in [1.54, 1.807) is 0 Å². The Balaban J connectivity index is 1.89. The fourth-order valence-corrected chi connectivity index (χ4v) is 2.39. The first-order valence-electron chi connectivity index (χ1n) is 7.29. The van der Waals surface area contributed by atoms with Crippen LogP contribution in [0, 0.1) is 0 Å². The van der Waals surface area contributed by atoms with Gasteiger partial charge in [0.15, 0.2) is 0 Å². The molecule has 2 rings (SSSR count). The van der Waals surface area contributed by atoms with Gasteiger partial charge < -0.3 is 19.7 Å². The van der Waals surface area contributed by atoms with E-state index in [-0.39, 0.29) is 19.3 Å². The maximum absolute atomic E-state index is 9.98. The van der Waals surface area contributed by atoms with E-state index in [9.17, 15) is 10.2 Å². The van der Waals surface area contributed by atoms with Crippen molar-refractivity contribution in [2.24, 2.45) is 0 Å². The third kappa shape index (κ3) is 4.20. The van der Waals surface area contributed by atoms with Crippen molar-refractivity contribution in [2.45, 2.75) is 51.4 Å². The van der Waals surface area contributed by atoms with E-state index in [1.165, 1.54) is 5.56 Å². The van der Waals surface area contributed by atoms with Crippen LogP contribution in [0.3, 0.4) is 0 Å². The summed E-state index contributed by atoms with van der Waals surface area (Å²) in [7, 11) is 0. The second-order valence-corrected chi connectivity index (χ2v) is 5.62. The highest BCUT2D eigenvalue weighted by molar-refractivity contribution is 5.38. The molecule has 1 aromatic carbocycles. The Morgan fingerprint density at radius 3 is 2.85 bits per heavy atom. The molecule has 4 nitrogen and oxygen atoms in total. The van der Waals surface area contributed by atoms with Crippen molar-refractivity contribution in [1.82, 2.24) is 0 Å². The molecule has 20 heavy (non-hydrogen) atoms. The van der Waals surface area contributed by atoms with Crippen LogP contribution in [0.15, 0.2) is 18.2 Å². The Morgan fingerprint density at radius 1 is 1.30 bits per heavy atom. The van der Waals surface area contributed by atoms with Gasteiger partial charge in [-0.1, -0.05) is 6.07 Å². The predicted octanol–water partition coefficient (Wildman–Crippen LogP) is 2.22. The third-order valence-electron chi connectivity index (χ3n) is 3.46. The van der Waals surface area contributed by atoms with Crippen molar-refractivity contribution in [3.63, 3.8) is 0 Å². The molecule has 1 aromatic rings. The maximum Gasteiger partial charge on any atom is 0.119 e. The summed E-state index contributed by atoms with van der Waals surface area (Å²) in [5.41, 5.74) is 2.15. The van der Waals surface area contributed by atoms with Crippen LogP contribution < -0.4 is 4.74 Å². The normalized spacial score (nSPS) is 19.8. The van der Waals surface area contributed by atoms with Crippen molar-refractivity contribution in [3.05, 3.63) is 29.3 Å². The van der Waals surface area contributed by atoms with Crippen LogP contribution in [0.4, 0.5) is 0 Å². The summed E-state index contributed by atoms with van der Waals surface area (Å²) >= 11 is 0. The van der Waals surface area contributed by atoms with Crippen LogP contribution in [0.5, 0.6) is 5.75 Å². The van der Waals surface area contributed by atoms with Gasteiger partial charge in [-0.2, -0.15) is 0 Å². The standard InChI is InChI=1S/C16H24O4/c1-11(2)19-9-13(17)10-20-14-7-6-12-4-3-5-16(18)15(12)8-14/h6-8,11,13,16-18H,3-5,9-10H2,1-2H3/t13?,16-/m1/s1. The molecule has 0 amide bonds. The van der Waals surface area contributed by atoms with E-state index in [1.807, 2.05) is 32.0 Å². The molecule has 0 heterocycles. The zero-order chi connectivity index (χ0) is 14.5. The van der Waals surface area contributed by atoms with E-state index >= 15 is 0 Å². The Bertz CT molecular complexity index is 430. The molecule has 112 valence electrons. The average molecular weight is 280 g/mol. The molecule has 4 heteroatoms. The largest absolute Gasteiger partial charge is 0.491 e. The third-order valence-corrected chi connectivity index (χ3v) is 3.46. The fourth-order valence-electron chi connectivity index (χ4n) is 2.39. The number of benzene rings is 1. The Labute approximate surface area is 120 Å². The minimum atomic E-state index is -0.640. The molecule has 0 saturated carbocycles. The minimum absolute atomic E-state index is 0.101. The number of hydrogen-bond donors (Lipinski definition) is 2. The molecule has 2 N–H and O–H groups in total. The van der Waals surface area contributed by atoms with Gasteiger partial charge in [0.1, 0.15) is 18.5 Å². The second kappa shape index (κ2) is 7.07. The summed E-state index contributed by atoms with van der Waals surface area (Å²) < 4.78 is 10.9. The molecule has 0 fully saturated rings. The van der Waals surface area contributed by atoms with Crippen molar-refractivity contribution in [3.8, 4) is 5.75 Å². The minimum Gasteiger partial charge on any atom is -0.491 e. The van der Waals surface area contributed by atoms with Gasteiger partial charge in [0.25, 0.3) is 0 Å². The molecular formula is C16H24O4. The monoisotopic (exact) mass is 280 g/mol. The van der Waals surface area contributed by atoms with Gasteiger partial charge in [-0.05, 0) is 56.4 Å². The van der Waals surface area contributed by atoms with Crippen LogP contribution in [0.25, 0.3) is 0 Å². The zero-order valence-electron chi connectivity index (χ0n) is 12.2. The highest BCUT2D eigenvalue weighted by Gasteiger charge is 2.18. The summed E-state index contributed by atoms with van der Waals surface area (Å²) in [5, 5.41) is 19.7. The number of fused-ring (bicyclic) bond motifs is 1. The molecule has 0 aliphatic heterocycles. The fraction of sp³-hybridized carbons (Fsp3) is 0.625. The van der Waals surface area contributed by atoms with Gasteiger partial charge in [0, 0.05) is 0 Å². The Kier molecular flexibility index (Phi) is 5.40. The zero-order valence-corrected chi connectivity index (χ0v) is 12.2. The van der Waals surface area contributed by atoms with Gasteiger partial charge in [-0.15, -0.1) is 0 Å². The van der Waals surface area contributed by atoms with Gasteiger partial charge in [0.2, 0.25) is 0 Å². The smallest absolute Gasteiger partial charge is 0.119 e. The number of aryl methyl sites for hydroxylation is 1. The number of hydrogen-bond acceptors (Lipinski definition) is 4. The highest BCUT2D eigenvalue weighted by atomic mass is 16.5. The lowest BCUT2D eigenvalue weighted by Crippen LogP contribution is -2.25. The number of aliphatic hydroxyl groups is 2. The van der Waals surface area contributed by atoms with Gasteiger partial charge >= 0.3 is 0 Å². The van der Waals surface area contributed by atoms with E-state index < -0.39 is 12.2 Å². The molecule has 1 aliphatic rings. The van der Waals surface area contributed by atoms with Crippen LogP contribution in [-0.2, 0) is 11.2 Å². The van der Waals surface area contributed by atoms with Crippen molar-refractivity contribution in [1.29, 1.82) is 0 Å². The van der Waals surface area contributed by atoms with Gasteiger partial charge in [0.05, 0.1) is 18.8 Å². The first kappa shape index (κ1) is 15.3. The van der Waals surface area contributed by atoms with Gasteiger partial charge in [-0.3, -0.25) is 0 Å². The maximum atomic E-state index is 9.98. The summed E-state index contributed by atoms with van der Waals surface area (Å²) in [6.07, 6.45) is 1.91. The van der Waals surface area contributed by atoms with Crippen molar-refractivity contribution < 1.29 is 19.7 Å². The van der Waals surface area contributed by atoms with Gasteiger partial charge in [-0.25, -0.2) is 0 Å². The summed E-state index contributed by atoms with van der Waals surface area (Å²) in [4.78, 5) is 0. The second-order valence-electron chi connectivity index (χ2n) is 5.62. The van der Waals surface area contributed by atoms with Crippen molar-refractivity contribution >= 4 is 0 Å². The predicted molar refractivity (Wildman–Crippen MR) is 76.9 cm³/mol. The van der Waals surface area contributed by atoms with Crippen molar-refractivity contribution in [2.75, 3.05) is 13.2 Å². The molecule has 0 radical (unpaired) electrons. The van der Waals surface area contributed by atoms with E-state index in [2.05, 4.69) is 0 Å². The Hall–Kier alpha value is -1.10. The first-order valence-corrected chi connectivity index (χ1v) is 7.29. The molecular weight excluding hydrogens is 256 g/mol. The van der Waals surface area contributed by atoms with E-state index in [4.69, 9.17) is 9.47 Å². The lowest BCUT2D eigenvalue weighted by Gasteiger charge is -2.22. The van der Waals surface area contributed by atoms with Crippen LogP contribution in [-0.4, -0.2) is 35.6 Å². The summed E-state index contributed by atoms with van der Waals surface area (Å²) in [6, 6.07) is 5.78. The molecule has 2 atom stereocenters. The quantitative estimate of drug-likeness (QED) is 0.839. The molecule has 0 saturated heterocycles. The summed E-state index contributed by atoms with van der Waals surface area (Å²) in [5.74, 6) is 0.688. The average Bonchev–Trinajstić information content (AvgIpc) is 2.43. The van der Waals surface area contributed by atoms with Crippen LogP contribution >= 0.6 is 0 Å². The molecule has 1 unspecified atom stereocenters. The lowest BCUT2D eigenvalue weighted by molar-refractivity contribution is -0.0123. The van der Waals surface area contributed by atoms with Crippen LogP contribution in [0.1, 0.15) is 43.9 Å².